The molecule has 2 aromatic rings. The van der Waals surface area contributed by atoms with E-state index in [2.05, 4.69) is 4.98 Å². The number of hydrogen-bond acceptors (Lipinski definition) is 2. The van der Waals surface area contributed by atoms with E-state index in [1.54, 1.807) is 12.3 Å². The van der Waals surface area contributed by atoms with Crippen molar-refractivity contribution in [3.63, 3.8) is 0 Å². The summed E-state index contributed by atoms with van der Waals surface area (Å²) in [6.45, 7) is 3.87. The number of rotatable bonds is 1. The zero-order valence-corrected chi connectivity index (χ0v) is 7.54. The number of halogens is 1. The first-order valence-electron chi connectivity index (χ1n) is 4.21. The van der Waals surface area contributed by atoms with Gasteiger partial charge in [-0.1, -0.05) is 13.8 Å². The average molecular weight is 179 g/mol. The summed E-state index contributed by atoms with van der Waals surface area (Å²) in [4.78, 5) is 3.64. The second kappa shape index (κ2) is 2.83. The molecule has 2 nitrogen and oxygen atoms in total. The molecule has 0 bridgehead atoms. The Morgan fingerprint density at radius 3 is 2.92 bits per heavy atom. The van der Waals surface area contributed by atoms with Crippen molar-refractivity contribution in [2.45, 2.75) is 19.8 Å². The predicted molar refractivity (Wildman–Crippen MR) is 48.1 cm³/mol. The maximum atomic E-state index is 13.3. The molecule has 0 saturated carbocycles. The lowest BCUT2D eigenvalue weighted by atomic mass is 10.0. The van der Waals surface area contributed by atoms with E-state index < -0.39 is 5.95 Å². The van der Waals surface area contributed by atoms with Crippen LogP contribution < -0.4 is 0 Å². The molecule has 0 saturated heterocycles. The maximum Gasteiger partial charge on any atom is 0.217 e. The molecule has 0 unspecified atom stereocenters. The molecule has 0 aliphatic heterocycles. The number of hydrogen-bond donors (Lipinski definition) is 0. The van der Waals surface area contributed by atoms with Crippen LogP contribution in [0.15, 0.2) is 22.9 Å². The SMILES string of the molecule is CC(C)c1c(F)ncc2occc12. The molecule has 0 aliphatic rings. The van der Waals surface area contributed by atoms with E-state index in [0.717, 1.165) is 5.39 Å². The third-order valence-corrected chi connectivity index (χ3v) is 2.08. The van der Waals surface area contributed by atoms with Crippen LogP contribution in [0.4, 0.5) is 4.39 Å². The second-order valence-corrected chi connectivity index (χ2v) is 3.32. The summed E-state index contributed by atoms with van der Waals surface area (Å²) in [5, 5.41) is 0.822. The summed E-state index contributed by atoms with van der Waals surface area (Å²) < 4.78 is 18.4. The van der Waals surface area contributed by atoms with Crippen molar-refractivity contribution in [3.8, 4) is 0 Å². The van der Waals surface area contributed by atoms with Gasteiger partial charge < -0.3 is 4.42 Å². The summed E-state index contributed by atoms with van der Waals surface area (Å²) in [6.07, 6.45) is 2.97. The molecule has 2 heterocycles. The van der Waals surface area contributed by atoms with Crippen molar-refractivity contribution in [3.05, 3.63) is 30.0 Å². The smallest absolute Gasteiger partial charge is 0.217 e. The van der Waals surface area contributed by atoms with E-state index in [4.69, 9.17) is 4.42 Å². The normalized spacial score (nSPS) is 11.4. The highest BCUT2D eigenvalue weighted by molar-refractivity contribution is 5.80. The lowest BCUT2D eigenvalue weighted by Crippen LogP contribution is -1.96. The highest BCUT2D eigenvalue weighted by atomic mass is 19.1. The lowest BCUT2D eigenvalue weighted by Gasteiger charge is -2.06. The fourth-order valence-electron chi connectivity index (χ4n) is 1.49. The molecule has 0 aromatic carbocycles. The molecule has 0 amide bonds. The zero-order chi connectivity index (χ0) is 9.42. The molecule has 0 atom stereocenters. The van der Waals surface area contributed by atoms with Crippen LogP contribution >= 0.6 is 0 Å². The van der Waals surface area contributed by atoms with Crippen LogP contribution in [-0.2, 0) is 0 Å². The van der Waals surface area contributed by atoms with E-state index in [-0.39, 0.29) is 5.92 Å². The van der Waals surface area contributed by atoms with Gasteiger partial charge in [0.05, 0.1) is 12.5 Å². The Morgan fingerprint density at radius 1 is 1.46 bits per heavy atom. The minimum atomic E-state index is -0.399. The largest absolute Gasteiger partial charge is 0.463 e. The van der Waals surface area contributed by atoms with Crippen LogP contribution in [-0.4, -0.2) is 4.98 Å². The first-order chi connectivity index (χ1) is 6.20. The van der Waals surface area contributed by atoms with Gasteiger partial charge in [0.1, 0.15) is 0 Å². The Hall–Kier alpha value is -1.38. The molecule has 0 fully saturated rings. The van der Waals surface area contributed by atoms with Gasteiger partial charge in [-0.2, -0.15) is 4.39 Å². The molecule has 0 radical (unpaired) electrons. The minimum absolute atomic E-state index is 0.119. The van der Waals surface area contributed by atoms with Crippen LogP contribution in [0.1, 0.15) is 25.3 Å². The van der Waals surface area contributed by atoms with Gasteiger partial charge in [-0.25, -0.2) is 4.98 Å². The number of fused-ring (bicyclic) bond motifs is 1. The highest BCUT2D eigenvalue weighted by Crippen LogP contribution is 2.27. The van der Waals surface area contributed by atoms with Crippen molar-refractivity contribution < 1.29 is 8.81 Å². The quantitative estimate of drug-likeness (QED) is 0.629. The monoisotopic (exact) mass is 179 g/mol. The van der Waals surface area contributed by atoms with E-state index >= 15 is 0 Å². The van der Waals surface area contributed by atoms with Crippen molar-refractivity contribution in [1.29, 1.82) is 0 Å². The van der Waals surface area contributed by atoms with Gasteiger partial charge >= 0.3 is 0 Å². The molecule has 0 N–H and O–H groups in total. The number of furan rings is 1. The standard InChI is InChI=1S/C10H10FNO/c1-6(2)9-7-3-4-13-8(7)5-12-10(9)11/h3-6H,1-2H3. The predicted octanol–water partition coefficient (Wildman–Crippen LogP) is 3.09. The summed E-state index contributed by atoms with van der Waals surface area (Å²) >= 11 is 0. The summed E-state index contributed by atoms with van der Waals surface area (Å²) in [5.74, 6) is -0.280. The average Bonchev–Trinajstić information content (AvgIpc) is 2.50. The van der Waals surface area contributed by atoms with Crippen LogP contribution in [0.2, 0.25) is 0 Å². The molecular formula is C10H10FNO. The molecule has 68 valence electrons. The van der Waals surface area contributed by atoms with Crippen molar-refractivity contribution >= 4 is 11.0 Å². The van der Waals surface area contributed by atoms with Crippen molar-refractivity contribution in [2.75, 3.05) is 0 Å². The summed E-state index contributed by atoms with van der Waals surface area (Å²) in [6, 6.07) is 1.77. The highest BCUT2D eigenvalue weighted by Gasteiger charge is 2.13. The van der Waals surface area contributed by atoms with Gasteiger partial charge in [0.2, 0.25) is 5.95 Å². The Balaban J connectivity index is 2.80. The lowest BCUT2D eigenvalue weighted by molar-refractivity contribution is 0.555. The van der Waals surface area contributed by atoms with Gasteiger partial charge in [0.15, 0.2) is 5.58 Å². The molecule has 0 spiro atoms. The van der Waals surface area contributed by atoms with Gasteiger partial charge in [0.25, 0.3) is 0 Å². The van der Waals surface area contributed by atoms with Crippen molar-refractivity contribution in [1.82, 2.24) is 4.98 Å². The fraction of sp³-hybridized carbons (Fsp3) is 0.300. The van der Waals surface area contributed by atoms with Crippen LogP contribution in [0.25, 0.3) is 11.0 Å². The molecular weight excluding hydrogens is 169 g/mol. The van der Waals surface area contributed by atoms with Gasteiger partial charge in [-0.05, 0) is 12.0 Å². The van der Waals surface area contributed by atoms with Crippen LogP contribution in [0, 0.1) is 5.95 Å². The van der Waals surface area contributed by atoms with Crippen LogP contribution in [0.3, 0.4) is 0 Å². The number of aromatic nitrogens is 1. The Labute approximate surface area is 75.4 Å². The van der Waals surface area contributed by atoms with E-state index in [0.29, 0.717) is 11.1 Å². The summed E-state index contributed by atoms with van der Waals surface area (Å²) in [5.41, 5.74) is 1.27. The minimum Gasteiger partial charge on any atom is -0.463 e. The van der Waals surface area contributed by atoms with Gasteiger partial charge in [-0.15, -0.1) is 0 Å². The van der Waals surface area contributed by atoms with E-state index in [1.807, 2.05) is 13.8 Å². The Bertz CT molecular complexity index is 433. The first-order valence-corrected chi connectivity index (χ1v) is 4.21. The summed E-state index contributed by atoms with van der Waals surface area (Å²) in [7, 11) is 0. The fourth-order valence-corrected chi connectivity index (χ4v) is 1.49. The molecule has 13 heavy (non-hydrogen) atoms. The topological polar surface area (TPSA) is 26.0 Å². The van der Waals surface area contributed by atoms with E-state index in [1.165, 1.54) is 6.20 Å². The second-order valence-electron chi connectivity index (χ2n) is 3.32. The molecule has 2 rings (SSSR count). The molecule has 0 aliphatic carbocycles. The third-order valence-electron chi connectivity index (χ3n) is 2.08. The first kappa shape index (κ1) is 8.23. The van der Waals surface area contributed by atoms with E-state index in [9.17, 15) is 4.39 Å². The third kappa shape index (κ3) is 1.20. The number of pyridine rings is 1. The van der Waals surface area contributed by atoms with Crippen LogP contribution in [0.5, 0.6) is 0 Å². The Kier molecular flexibility index (Phi) is 1.79. The molecule has 2 aromatic heterocycles. The van der Waals surface area contributed by atoms with Gasteiger partial charge in [-0.3, -0.25) is 0 Å². The Morgan fingerprint density at radius 2 is 2.23 bits per heavy atom. The van der Waals surface area contributed by atoms with Gasteiger partial charge in [0, 0.05) is 10.9 Å². The van der Waals surface area contributed by atoms with Crippen molar-refractivity contribution in [2.24, 2.45) is 0 Å². The maximum absolute atomic E-state index is 13.3. The molecule has 3 heteroatoms. The zero-order valence-electron chi connectivity index (χ0n) is 7.54. The number of nitrogens with zero attached hydrogens (tertiary/aromatic N) is 1.